The zero-order valence-electron chi connectivity index (χ0n) is 10.0. The van der Waals surface area contributed by atoms with Crippen molar-refractivity contribution in [3.63, 3.8) is 0 Å². The van der Waals surface area contributed by atoms with E-state index in [-0.39, 0.29) is 0 Å². The van der Waals surface area contributed by atoms with Crippen molar-refractivity contribution in [1.29, 1.82) is 0 Å². The number of fused-ring (bicyclic) bond motifs is 4. The third-order valence-corrected chi connectivity index (χ3v) is 5.71. The van der Waals surface area contributed by atoms with Gasteiger partial charge in [-0.25, -0.2) is 0 Å². The smallest absolute Gasteiger partial charge is 0.00836 e. The molecule has 0 saturated heterocycles. The van der Waals surface area contributed by atoms with Gasteiger partial charge >= 0.3 is 0 Å². The van der Waals surface area contributed by atoms with E-state index < -0.39 is 0 Å². The lowest BCUT2D eigenvalue weighted by atomic mass is 9.54. The van der Waals surface area contributed by atoms with E-state index in [2.05, 4.69) is 18.2 Å². The molecule has 0 heterocycles. The second-order valence-corrected chi connectivity index (χ2v) is 6.42. The summed E-state index contributed by atoms with van der Waals surface area (Å²) in [5.74, 6) is 3.76. The number of rotatable bonds is 1. The molecule has 5 aliphatic rings. The van der Waals surface area contributed by atoms with Gasteiger partial charge in [-0.1, -0.05) is 23.8 Å². The molecule has 5 rings (SSSR count). The number of allylic oxidation sites excluding steroid dienone is 4. The number of hydrogen-bond donors (Lipinski definition) is 0. The Morgan fingerprint density at radius 1 is 1.12 bits per heavy atom. The van der Waals surface area contributed by atoms with Crippen LogP contribution >= 0.6 is 0 Å². The molecule has 16 heavy (non-hydrogen) atoms. The quantitative estimate of drug-likeness (QED) is 0.565. The lowest BCUT2D eigenvalue weighted by Crippen LogP contribution is -2.39. The maximum atomic E-state index is 2.63. The van der Waals surface area contributed by atoms with Crippen LogP contribution in [0.2, 0.25) is 0 Å². The van der Waals surface area contributed by atoms with Gasteiger partial charge in [-0.15, -0.1) is 0 Å². The summed E-state index contributed by atoms with van der Waals surface area (Å²) in [5.41, 5.74) is 2.35. The van der Waals surface area contributed by atoms with Crippen LogP contribution < -0.4 is 0 Å². The Bertz CT molecular complexity index is 352. The molecule has 4 bridgehead atoms. The molecule has 2 fully saturated rings. The molecule has 0 N–H and O–H groups in total. The largest absolute Gasteiger partial charge is 0.0848 e. The van der Waals surface area contributed by atoms with Gasteiger partial charge in [0.2, 0.25) is 0 Å². The van der Waals surface area contributed by atoms with Gasteiger partial charge in [-0.2, -0.15) is 0 Å². The molecule has 85 valence electrons. The summed E-state index contributed by atoms with van der Waals surface area (Å²) in [4.78, 5) is 0. The molecule has 2 saturated carbocycles. The zero-order chi connectivity index (χ0) is 10.6. The van der Waals surface area contributed by atoms with Crippen LogP contribution in [-0.2, 0) is 0 Å². The van der Waals surface area contributed by atoms with Gasteiger partial charge in [0.15, 0.2) is 0 Å². The molecule has 0 aromatic rings. The Morgan fingerprint density at radius 3 is 2.75 bits per heavy atom. The van der Waals surface area contributed by atoms with Crippen molar-refractivity contribution in [3.8, 4) is 0 Å². The van der Waals surface area contributed by atoms with Crippen molar-refractivity contribution >= 4 is 0 Å². The predicted molar refractivity (Wildman–Crippen MR) is 66.8 cm³/mol. The summed E-state index contributed by atoms with van der Waals surface area (Å²) in [6.45, 7) is 0. The van der Waals surface area contributed by atoms with E-state index in [1.165, 1.54) is 51.4 Å². The van der Waals surface area contributed by atoms with E-state index in [0.29, 0.717) is 5.41 Å². The fourth-order valence-electron chi connectivity index (χ4n) is 4.72. The Labute approximate surface area is 98.8 Å². The summed E-state index contributed by atoms with van der Waals surface area (Å²) in [6, 6.07) is 0. The lowest BCUT2D eigenvalue weighted by molar-refractivity contribution is 0.113. The highest BCUT2D eigenvalue weighted by Gasteiger charge is 2.47. The van der Waals surface area contributed by atoms with Gasteiger partial charge in [0.25, 0.3) is 0 Å². The molecular weight excluding hydrogens is 192 g/mol. The first-order valence-electron chi connectivity index (χ1n) is 7.08. The minimum Gasteiger partial charge on any atom is -0.0848 e. The first kappa shape index (κ1) is 9.50. The van der Waals surface area contributed by atoms with Crippen molar-refractivity contribution in [1.82, 2.24) is 0 Å². The minimum atomic E-state index is 0.605. The molecule has 0 spiro atoms. The van der Waals surface area contributed by atoms with Crippen LogP contribution in [0.4, 0.5) is 0 Å². The lowest BCUT2D eigenvalue weighted by Gasteiger charge is -2.50. The molecule has 0 amide bonds. The first-order chi connectivity index (χ1) is 7.86. The van der Waals surface area contributed by atoms with Crippen molar-refractivity contribution in [3.05, 3.63) is 29.7 Å². The van der Waals surface area contributed by atoms with Gasteiger partial charge in [0.05, 0.1) is 0 Å². The summed E-state index contributed by atoms with van der Waals surface area (Å²) >= 11 is 0. The maximum Gasteiger partial charge on any atom is -0.00836 e. The topological polar surface area (TPSA) is 0 Å². The van der Waals surface area contributed by atoms with Gasteiger partial charge in [0.1, 0.15) is 0 Å². The molecule has 1 unspecified atom stereocenters. The Kier molecular flexibility index (Phi) is 1.93. The Hall–Kier alpha value is -0.520. The molecule has 0 heteroatoms. The SMILES string of the molecule is C1=CC2(C3CCC4=CC[C]3C4)CCC1CC2. The molecule has 1 atom stereocenters. The van der Waals surface area contributed by atoms with E-state index in [1.54, 1.807) is 5.57 Å². The maximum absolute atomic E-state index is 2.63. The van der Waals surface area contributed by atoms with Gasteiger partial charge in [-0.3, -0.25) is 0 Å². The van der Waals surface area contributed by atoms with Crippen LogP contribution in [0.1, 0.15) is 51.4 Å². The summed E-state index contributed by atoms with van der Waals surface area (Å²) in [7, 11) is 0. The molecule has 0 aliphatic heterocycles. The molecule has 0 nitrogen and oxygen atoms in total. The standard InChI is InChI=1S/C16H21/c1-3-14-11-13(1)2-4-15(14)16-8-5-12(6-9-16)7-10-16/h1,5,8,12,15H,2-4,6-7,9-11H2. The van der Waals surface area contributed by atoms with Gasteiger partial charge in [-0.05, 0) is 74.5 Å². The van der Waals surface area contributed by atoms with Crippen LogP contribution in [0.15, 0.2) is 23.8 Å². The van der Waals surface area contributed by atoms with Crippen molar-refractivity contribution in [2.75, 3.05) is 0 Å². The van der Waals surface area contributed by atoms with Crippen LogP contribution in [0.25, 0.3) is 0 Å². The summed E-state index contributed by atoms with van der Waals surface area (Å²) < 4.78 is 0. The fourth-order valence-corrected chi connectivity index (χ4v) is 4.72. The van der Waals surface area contributed by atoms with E-state index in [4.69, 9.17) is 0 Å². The van der Waals surface area contributed by atoms with Crippen LogP contribution in [0.3, 0.4) is 0 Å². The average molecular weight is 213 g/mol. The van der Waals surface area contributed by atoms with Crippen molar-refractivity contribution < 1.29 is 0 Å². The molecule has 5 aliphatic carbocycles. The van der Waals surface area contributed by atoms with E-state index in [1.807, 2.05) is 5.92 Å². The van der Waals surface area contributed by atoms with Gasteiger partial charge < -0.3 is 0 Å². The predicted octanol–water partition coefficient (Wildman–Crippen LogP) is 4.44. The van der Waals surface area contributed by atoms with Crippen LogP contribution in [-0.4, -0.2) is 0 Å². The highest BCUT2D eigenvalue weighted by Crippen LogP contribution is 2.58. The fraction of sp³-hybridized carbons (Fsp3) is 0.688. The van der Waals surface area contributed by atoms with E-state index >= 15 is 0 Å². The third-order valence-electron chi connectivity index (χ3n) is 5.71. The van der Waals surface area contributed by atoms with Crippen molar-refractivity contribution in [2.24, 2.45) is 17.3 Å². The number of hydrogen-bond acceptors (Lipinski definition) is 0. The summed E-state index contributed by atoms with van der Waals surface area (Å²) in [6.07, 6.45) is 19.1. The average Bonchev–Trinajstić information content (AvgIpc) is 2.73. The molecule has 1 radical (unpaired) electrons. The van der Waals surface area contributed by atoms with E-state index in [9.17, 15) is 0 Å². The zero-order valence-corrected chi connectivity index (χ0v) is 10.0. The Balaban J connectivity index is 1.65. The summed E-state index contributed by atoms with van der Waals surface area (Å²) in [5, 5.41) is 0. The highest BCUT2D eigenvalue weighted by molar-refractivity contribution is 5.30. The van der Waals surface area contributed by atoms with Crippen molar-refractivity contribution in [2.45, 2.75) is 51.4 Å². The van der Waals surface area contributed by atoms with Crippen LogP contribution in [0.5, 0.6) is 0 Å². The third kappa shape index (κ3) is 1.22. The minimum absolute atomic E-state index is 0.605. The van der Waals surface area contributed by atoms with Crippen LogP contribution in [0, 0.1) is 23.2 Å². The van der Waals surface area contributed by atoms with E-state index in [0.717, 1.165) is 11.8 Å². The van der Waals surface area contributed by atoms with Gasteiger partial charge in [0, 0.05) is 0 Å². The first-order valence-corrected chi connectivity index (χ1v) is 7.08. The second-order valence-electron chi connectivity index (χ2n) is 6.42. The molecule has 0 aromatic heterocycles. The second kappa shape index (κ2) is 3.24. The monoisotopic (exact) mass is 213 g/mol. The Morgan fingerprint density at radius 2 is 2.00 bits per heavy atom. The normalized spacial score (nSPS) is 46.1. The molecular formula is C16H21. The highest BCUT2D eigenvalue weighted by atomic mass is 14.5. The molecule has 0 aromatic carbocycles.